The van der Waals surface area contributed by atoms with E-state index in [0.29, 0.717) is 22.2 Å². The number of para-hydroxylation sites is 1. The molecular formula is C17H13BrN4O. The molecule has 0 fully saturated rings. The summed E-state index contributed by atoms with van der Waals surface area (Å²) in [6.07, 6.45) is 0. The predicted octanol–water partition coefficient (Wildman–Crippen LogP) is 3.08. The summed E-state index contributed by atoms with van der Waals surface area (Å²) in [6, 6.07) is 16.8. The van der Waals surface area contributed by atoms with Gasteiger partial charge >= 0.3 is 0 Å². The molecule has 5 nitrogen and oxygen atoms in total. The van der Waals surface area contributed by atoms with Crippen LogP contribution in [0, 0.1) is 0 Å². The monoisotopic (exact) mass is 368 g/mol. The van der Waals surface area contributed by atoms with E-state index in [1.54, 1.807) is 6.07 Å². The molecule has 0 aliphatic carbocycles. The Morgan fingerprint density at radius 3 is 2.43 bits per heavy atom. The van der Waals surface area contributed by atoms with Crippen molar-refractivity contribution in [3.05, 3.63) is 64.6 Å². The maximum Gasteiger partial charge on any atom is 0.280 e. The first-order valence-electron chi connectivity index (χ1n) is 6.84. The fraction of sp³-hybridized carbons (Fsp3) is 0. The number of nitrogens with two attached hydrogens (primary N) is 2. The molecule has 3 aromatic rings. The number of halogens is 1. The quantitative estimate of drug-likeness (QED) is 0.536. The van der Waals surface area contributed by atoms with Crippen molar-refractivity contribution in [1.29, 1.82) is 0 Å². The molecule has 0 unspecified atom stereocenters. The highest BCUT2D eigenvalue weighted by atomic mass is 79.9. The number of pyridine rings is 1. The van der Waals surface area contributed by atoms with Gasteiger partial charge in [-0.2, -0.15) is 4.99 Å². The molecule has 2 aromatic carbocycles. The minimum absolute atomic E-state index is 0.263. The Kier molecular flexibility index (Phi) is 4.08. The van der Waals surface area contributed by atoms with Crippen molar-refractivity contribution in [2.45, 2.75) is 0 Å². The average molecular weight is 369 g/mol. The summed E-state index contributed by atoms with van der Waals surface area (Å²) in [4.78, 5) is 20.6. The van der Waals surface area contributed by atoms with Gasteiger partial charge in [-0.3, -0.25) is 4.79 Å². The second-order valence-corrected chi connectivity index (χ2v) is 5.84. The van der Waals surface area contributed by atoms with E-state index in [9.17, 15) is 4.79 Å². The van der Waals surface area contributed by atoms with Crippen molar-refractivity contribution in [2.75, 3.05) is 0 Å². The molecule has 23 heavy (non-hydrogen) atoms. The molecule has 3 rings (SSSR count). The van der Waals surface area contributed by atoms with E-state index in [2.05, 4.69) is 25.9 Å². The van der Waals surface area contributed by atoms with Gasteiger partial charge in [0.1, 0.15) is 0 Å². The van der Waals surface area contributed by atoms with Crippen molar-refractivity contribution >= 4 is 38.7 Å². The zero-order valence-electron chi connectivity index (χ0n) is 12.0. The number of hydrogen-bond donors (Lipinski definition) is 2. The van der Waals surface area contributed by atoms with Crippen LogP contribution in [0.3, 0.4) is 0 Å². The molecule has 0 spiro atoms. The minimum Gasteiger partial charge on any atom is -0.370 e. The summed E-state index contributed by atoms with van der Waals surface area (Å²) >= 11 is 3.40. The number of rotatable bonds is 2. The standard InChI is InChI=1S/C17H13BrN4O/c18-11-7-5-10(6-8-11)15-9-13(16(23)22-17(19)20)12-3-1-2-4-14(12)21-15/h1-9H,(H4,19,20,22,23). The third-order valence-corrected chi connectivity index (χ3v) is 3.85. The van der Waals surface area contributed by atoms with Crippen LogP contribution < -0.4 is 11.5 Å². The molecule has 0 aliphatic rings. The molecule has 4 N–H and O–H groups in total. The number of benzene rings is 2. The highest BCUT2D eigenvalue weighted by Crippen LogP contribution is 2.26. The van der Waals surface area contributed by atoms with Crippen molar-refractivity contribution in [2.24, 2.45) is 16.5 Å². The van der Waals surface area contributed by atoms with Crippen LogP contribution >= 0.6 is 15.9 Å². The summed E-state index contributed by atoms with van der Waals surface area (Å²) < 4.78 is 0.971. The fourth-order valence-corrected chi connectivity index (χ4v) is 2.56. The van der Waals surface area contributed by atoms with Crippen molar-refractivity contribution in [3.8, 4) is 11.3 Å². The van der Waals surface area contributed by atoms with Crippen LogP contribution in [0.1, 0.15) is 10.4 Å². The summed E-state index contributed by atoms with van der Waals surface area (Å²) in [5, 5.41) is 0.711. The number of nitrogens with zero attached hydrogens (tertiary/aromatic N) is 2. The molecule has 1 amide bonds. The molecule has 0 atom stereocenters. The summed E-state index contributed by atoms with van der Waals surface area (Å²) in [5.74, 6) is -0.747. The summed E-state index contributed by atoms with van der Waals surface area (Å²) in [7, 11) is 0. The maximum atomic E-state index is 12.3. The summed E-state index contributed by atoms with van der Waals surface area (Å²) in [5.41, 5.74) is 13.4. The first kappa shape index (κ1) is 15.2. The second kappa shape index (κ2) is 6.18. The lowest BCUT2D eigenvalue weighted by molar-refractivity contribution is 0.100. The lowest BCUT2D eigenvalue weighted by atomic mass is 10.0. The number of carbonyl (C=O) groups excluding carboxylic acids is 1. The van der Waals surface area contributed by atoms with E-state index in [0.717, 1.165) is 10.0 Å². The van der Waals surface area contributed by atoms with E-state index in [-0.39, 0.29) is 5.96 Å². The third kappa shape index (κ3) is 3.22. The highest BCUT2D eigenvalue weighted by molar-refractivity contribution is 9.10. The van der Waals surface area contributed by atoms with E-state index >= 15 is 0 Å². The molecule has 114 valence electrons. The van der Waals surface area contributed by atoms with Crippen LogP contribution in [-0.4, -0.2) is 16.9 Å². The van der Waals surface area contributed by atoms with Crippen LogP contribution in [0.15, 0.2) is 64.1 Å². The van der Waals surface area contributed by atoms with Crippen LogP contribution in [0.4, 0.5) is 0 Å². The van der Waals surface area contributed by atoms with E-state index in [1.165, 1.54) is 0 Å². The van der Waals surface area contributed by atoms with Crippen LogP contribution in [0.5, 0.6) is 0 Å². The molecule has 0 saturated heterocycles. The molecule has 0 saturated carbocycles. The molecular weight excluding hydrogens is 356 g/mol. The average Bonchev–Trinajstić information content (AvgIpc) is 2.54. The number of carbonyl (C=O) groups is 1. The van der Waals surface area contributed by atoms with Gasteiger partial charge in [-0.05, 0) is 24.3 Å². The van der Waals surface area contributed by atoms with E-state index < -0.39 is 5.91 Å². The molecule has 0 radical (unpaired) electrons. The smallest absolute Gasteiger partial charge is 0.280 e. The van der Waals surface area contributed by atoms with Gasteiger partial charge in [-0.1, -0.05) is 46.3 Å². The van der Waals surface area contributed by atoms with Crippen molar-refractivity contribution in [1.82, 2.24) is 4.98 Å². The van der Waals surface area contributed by atoms with Gasteiger partial charge in [0.25, 0.3) is 5.91 Å². The Hall–Kier alpha value is -2.73. The van der Waals surface area contributed by atoms with Gasteiger partial charge in [0, 0.05) is 15.4 Å². The molecule has 1 heterocycles. The minimum atomic E-state index is -0.484. The van der Waals surface area contributed by atoms with Gasteiger partial charge in [-0.25, -0.2) is 4.98 Å². The van der Waals surface area contributed by atoms with Crippen LogP contribution in [0.25, 0.3) is 22.2 Å². The first-order valence-corrected chi connectivity index (χ1v) is 7.63. The highest BCUT2D eigenvalue weighted by Gasteiger charge is 2.13. The van der Waals surface area contributed by atoms with Gasteiger partial charge < -0.3 is 11.5 Å². The molecule has 6 heteroatoms. The number of aliphatic imine (C=N–C) groups is 1. The van der Waals surface area contributed by atoms with Crippen LogP contribution in [0.2, 0.25) is 0 Å². The Labute approximate surface area is 141 Å². The number of aromatic nitrogens is 1. The zero-order valence-corrected chi connectivity index (χ0v) is 13.6. The lowest BCUT2D eigenvalue weighted by Gasteiger charge is -2.08. The normalized spacial score (nSPS) is 10.5. The lowest BCUT2D eigenvalue weighted by Crippen LogP contribution is -2.24. The third-order valence-electron chi connectivity index (χ3n) is 3.32. The molecule has 0 bridgehead atoms. The summed E-state index contributed by atoms with van der Waals surface area (Å²) in [6.45, 7) is 0. The maximum absolute atomic E-state index is 12.3. The number of hydrogen-bond acceptors (Lipinski definition) is 2. The molecule has 0 aliphatic heterocycles. The Balaban J connectivity index is 2.23. The SMILES string of the molecule is NC(N)=NC(=O)c1cc(-c2ccc(Br)cc2)nc2ccccc12. The molecule has 1 aromatic heterocycles. The second-order valence-electron chi connectivity index (χ2n) is 4.92. The number of amides is 1. The van der Waals surface area contributed by atoms with E-state index in [1.807, 2.05) is 48.5 Å². The number of fused-ring (bicyclic) bond motifs is 1. The fourth-order valence-electron chi connectivity index (χ4n) is 2.30. The van der Waals surface area contributed by atoms with Crippen molar-refractivity contribution in [3.63, 3.8) is 0 Å². The van der Waals surface area contributed by atoms with E-state index in [4.69, 9.17) is 11.5 Å². The van der Waals surface area contributed by atoms with Crippen molar-refractivity contribution < 1.29 is 4.79 Å². The van der Waals surface area contributed by atoms with Gasteiger partial charge in [0.2, 0.25) is 0 Å². The zero-order chi connectivity index (χ0) is 16.4. The van der Waals surface area contributed by atoms with Gasteiger partial charge in [0.05, 0.1) is 16.8 Å². The first-order chi connectivity index (χ1) is 11.0. The number of guanidine groups is 1. The predicted molar refractivity (Wildman–Crippen MR) is 95.0 cm³/mol. The van der Waals surface area contributed by atoms with Gasteiger partial charge in [0.15, 0.2) is 5.96 Å². The Morgan fingerprint density at radius 1 is 1.04 bits per heavy atom. The van der Waals surface area contributed by atoms with Crippen LogP contribution in [-0.2, 0) is 0 Å². The Morgan fingerprint density at radius 2 is 1.74 bits per heavy atom. The van der Waals surface area contributed by atoms with Gasteiger partial charge in [-0.15, -0.1) is 0 Å². The topological polar surface area (TPSA) is 94.4 Å². The largest absolute Gasteiger partial charge is 0.370 e. The Bertz CT molecular complexity index is 916.